The summed E-state index contributed by atoms with van der Waals surface area (Å²) >= 11 is 5.98. The zero-order valence-corrected chi connectivity index (χ0v) is 9.29. The average Bonchev–Trinajstić information content (AvgIpc) is 2.97. The lowest BCUT2D eigenvalue weighted by Gasteiger charge is -2.04. The Bertz CT molecular complexity index is 305. The predicted molar refractivity (Wildman–Crippen MR) is 58.9 cm³/mol. The maximum atomic E-state index is 5.98. The van der Waals surface area contributed by atoms with Gasteiger partial charge in [0, 0.05) is 13.0 Å². The van der Waals surface area contributed by atoms with Gasteiger partial charge in [-0.15, -0.1) is 11.6 Å². The first-order valence-electron chi connectivity index (χ1n) is 4.99. The summed E-state index contributed by atoms with van der Waals surface area (Å²) in [4.78, 5) is 0. The third-order valence-electron chi connectivity index (χ3n) is 2.86. The van der Waals surface area contributed by atoms with Gasteiger partial charge >= 0.3 is 0 Å². The Hall–Kier alpha value is -0.530. The van der Waals surface area contributed by atoms with Crippen molar-refractivity contribution in [1.82, 2.24) is 0 Å². The number of ether oxygens (including phenoxy) is 1. The zero-order valence-electron chi connectivity index (χ0n) is 8.53. The molecule has 3 atom stereocenters. The minimum atomic E-state index is 0.0986. The molecule has 1 nitrogen and oxygen atoms in total. The molecule has 0 saturated heterocycles. The van der Waals surface area contributed by atoms with Gasteiger partial charge in [0.25, 0.3) is 0 Å². The first-order chi connectivity index (χ1) is 6.72. The van der Waals surface area contributed by atoms with Gasteiger partial charge in [-0.05, 0) is 24.5 Å². The molecule has 0 aromatic heterocycles. The molecule has 0 heterocycles. The molecule has 0 aliphatic heterocycles. The van der Waals surface area contributed by atoms with E-state index in [0.717, 1.165) is 6.42 Å². The smallest absolute Gasteiger partial charge is 0.0647 e. The van der Waals surface area contributed by atoms with Crippen LogP contribution >= 0.6 is 11.6 Å². The molecule has 1 fully saturated rings. The van der Waals surface area contributed by atoms with Crippen LogP contribution in [0.1, 0.15) is 35.8 Å². The van der Waals surface area contributed by atoms with Crippen LogP contribution in [0.2, 0.25) is 0 Å². The van der Waals surface area contributed by atoms with Gasteiger partial charge in [0.15, 0.2) is 0 Å². The second-order valence-electron chi connectivity index (χ2n) is 3.90. The third kappa shape index (κ3) is 1.94. The zero-order chi connectivity index (χ0) is 10.1. The van der Waals surface area contributed by atoms with E-state index < -0.39 is 0 Å². The number of rotatable bonds is 3. The topological polar surface area (TPSA) is 9.23 Å². The summed E-state index contributed by atoms with van der Waals surface area (Å²) in [5, 5.41) is 0.0986. The molecule has 2 heteroatoms. The number of alkyl halides is 1. The summed E-state index contributed by atoms with van der Waals surface area (Å²) in [5.74, 6) is 0.611. The van der Waals surface area contributed by atoms with Gasteiger partial charge in [-0.3, -0.25) is 0 Å². The molecule has 14 heavy (non-hydrogen) atoms. The van der Waals surface area contributed by atoms with Gasteiger partial charge < -0.3 is 4.74 Å². The Morgan fingerprint density at radius 3 is 2.43 bits per heavy atom. The summed E-state index contributed by atoms with van der Waals surface area (Å²) in [7, 11) is 1.78. The van der Waals surface area contributed by atoms with Crippen LogP contribution < -0.4 is 0 Å². The van der Waals surface area contributed by atoms with E-state index in [1.54, 1.807) is 7.11 Å². The van der Waals surface area contributed by atoms with E-state index in [-0.39, 0.29) is 5.38 Å². The Kier molecular flexibility index (Phi) is 2.80. The van der Waals surface area contributed by atoms with Crippen LogP contribution in [0.25, 0.3) is 0 Å². The molecular weight excluding hydrogens is 196 g/mol. The lowest BCUT2D eigenvalue weighted by molar-refractivity contribution is 0.178. The molecule has 1 saturated carbocycles. The molecule has 1 unspecified atom stereocenters. The molecule has 0 radical (unpaired) electrons. The number of hydrogen-bond acceptors (Lipinski definition) is 1. The SMILES string of the molecule is CO[C@H]1C[C@@H]1c1ccc(C(C)Cl)cc1. The van der Waals surface area contributed by atoms with E-state index in [2.05, 4.69) is 24.3 Å². The van der Waals surface area contributed by atoms with Crippen LogP contribution in [-0.4, -0.2) is 13.2 Å². The van der Waals surface area contributed by atoms with E-state index in [0.29, 0.717) is 12.0 Å². The number of benzene rings is 1. The Labute approximate surface area is 90.0 Å². The molecule has 76 valence electrons. The molecule has 0 bridgehead atoms. The van der Waals surface area contributed by atoms with Gasteiger partial charge in [0.1, 0.15) is 0 Å². The van der Waals surface area contributed by atoms with Gasteiger partial charge in [-0.25, -0.2) is 0 Å². The molecule has 0 amide bonds. The second-order valence-corrected chi connectivity index (χ2v) is 4.55. The molecule has 1 aromatic carbocycles. The summed E-state index contributed by atoms with van der Waals surface area (Å²) in [6.45, 7) is 1.99. The minimum absolute atomic E-state index is 0.0986. The predicted octanol–water partition coefficient (Wildman–Crippen LogP) is 3.49. The lowest BCUT2D eigenvalue weighted by atomic mass is 10.1. The van der Waals surface area contributed by atoms with Crippen LogP contribution in [0.4, 0.5) is 0 Å². The van der Waals surface area contributed by atoms with Gasteiger partial charge in [0.2, 0.25) is 0 Å². The molecule has 0 N–H and O–H groups in total. The van der Waals surface area contributed by atoms with Crippen LogP contribution in [0.5, 0.6) is 0 Å². The van der Waals surface area contributed by atoms with Crippen molar-refractivity contribution in [2.75, 3.05) is 7.11 Å². The Morgan fingerprint density at radius 1 is 1.36 bits per heavy atom. The standard InChI is InChI=1S/C12H15ClO/c1-8(13)9-3-5-10(6-4-9)11-7-12(11)14-2/h3-6,8,11-12H,7H2,1-2H3/t8?,11-,12+/m1/s1. The van der Waals surface area contributed by atoms with E-state index in [1.807, 2.05) is 6.92 Å². The van der Waals surface area contributed by atoms with Crippen LogP contribution in [0.3, 0.4) is 0 Å². The fraction of sp³-hybridized carbons (Fsp3) is 0.500. The van der Waals surface area contributed by atoms with E-state index >= 15 is 0 Å². The molecule has 1 aliphatic carbocycles. The van der Waals surface area contributed by atoms with Crippen molar-refractivity contribution in [2.45, 2.75) is 30.7 Å². The van der Waals surface area contributed by atoms with Crippen LogP contribution in [-0.2, 0) is 4.74 Å². The van der Waals surface area contributed by atoms with Crippen LogP contribution in [0, 0.1) is 0 Å². The normalized spacial score (nSPS) is 27.4. The molecule has 1 aliphatic rings. The lowest BCUT2D eigenvalue weighted by Crippen LogP contribution is -1.91. The van der Waals surface area contributed by atoms with Gasteiger partial charge in [-0.1, -0.05) is 24.3 Å². The fourth-order valence-corrected chi connectivity index (χ4v) is 1.94. The maximum Gasteiger partial charge on any atom is 0.0647 e. The summed E-state index contributed by atoms with van der Waals surface area (Å²) in [6.07, 6.45) is 1.60. The van der Waals surface area contributed by atoms with Gasteiger partial charge in [-0.2, -0.15) is 0 Å². The monoisotopic (exact) mass is 210 g/mol. The third-order valence-corrected chi connectivity index (χ3v) is 3.11. The number of methoxy groups -OCH3 is 1. The first-order valence-corrected chi connectivity index (χ1v) is 5.42. The van der Waals surface area contributed by atoms with E-state index in [9.17, 15) is 0 Å². The van der Waals surface area contributed by atoms with E-state index in [1.165, 1.54) is 11.1 Å². The van der Waals surface area contributed by atoms with Crippen LogP contribution in [0.15, 0.2) is 24.3 Å². The van der Waals surface area contributed by atoms with Crippen molar-refractivity contribution in [3.63, 3.8) is 0 Å². The van der Waals surface area contributed by atoms with Crippen molar-refractivity contribution in [3.05, 3.63) is 35.4 Å². The van der Waals surface area contributed by atoms with Gasteiger partial charge in [0.05, 0.1) is 11.5 Å². The van der Waals surface area contributed by atoms with Crippen molar-refractivity contribution in [1.29, 1.82) is 0 Å². The minimum Gasteiger partial charge on any atom is -0.381 e. The number of halogens is 1. The molecule has 1 aromatic rings. The number of hydrogen-bond donors (Lipinski definition) is 0. The molecule has 0 spiro atoms. The Balaban J connectivity index is 2.08. The van der Waals surface area contributed by atoms with Crippen molar-refractivity contribution < 1.29 is 4.74 Å². The molecular formula is C12H15ClO. The molecule has 2 rings (SSSR count). The highest BCUT2D eigenvalue weighted by atomic mass is 35.5. The summed E-state index contributed by atoms with van der Waals surface area (Å²) in [6, 6.07) is 8.55. The maximum absolute atomic E-state index is 5.98. The van der Waals surface area contributed by atoms with Crippen molar-refractivity contribution in [2.24, 2.45) is 0 Å². The largest absolute Gasteiger partial charge is 0.381 e. The highest BCUT2D eigenvalue weighted by Gasteiger charge is 2.38. The summed E-state index contributed by atoms with van der Waals surface area (Å²) < 4.78 is 5.28. The fourth-order valence-electron chi connectivity index (χ4n) is 1.79. The van der Waals surface area contributed by atoms with Crippen molar-refractivity contribution >= 4 is 11.6 Å². The summed E-state index contributed by atoms with van der Waals surface area (Å²) in [5.41, 5.74) is 2.56. The Morgan fingerprint density at radius 2 is 2.00 bits per heavy atom. The highest BCUT2D eigenvalue weighted by Crippen LogP contribution is 2.43. The first kappa shape index (κ1) is 10.0. The quantitative estimate of drug-likeness (QED) is 0.694. The highest BCUT2D eigenvalue weighted by molar-refractivity contribution is 6.20. The average molecular weight is 211 g/mol. The van der Waals surface area contributed by atoms with E-state index in [4.69, 9.17) is 16.3 Å². The second kappa shape index (κ2) is 3.92. The van der Waals surface area contributed by atoms with Crippen molar-refractivity contribution in [3.8, 4) is 0 Å².